The number of H-pyrrole nitrogens is 1. The third kappa shape index (κ3) is 2.24. The molecule has 3 nitrogen and oxygen atoms in total. The van der Waals surface area contributed by atoms with E-state index in [-0.39, 0.29) is 12.4 Å². The molecule has 0 unspecified atom stereocenters. The zero-order valence-corrected chi connectivity index (χ0v) is 8.07. The molecule has 0 aliphatic carbocycles. The van der Waals surface area contributed by atoms with Crippen molar-refractivity contribution < 1.29 is 0 Å². The highest BCUT2D eigenvalue weighted by Gasteiger charge is 1.96. The number of aromatic amines is 1. The Balaban J connectivity index is 0.000000810. The van der Waals surface area contributed by atoms with Crippen LogP contribution in [0.4, 0.5) is 5.13 Å². The average molecular weight is 198 g/mol. The van der Waals surface area contributed by atoms with Gasteiger partial charge in [0.25, 0.3) is 0 Å². The van der Waals surface area contributed by atoms with E-state index < -0.39 is 0 Å². The fraction of sp³-hybridized carbons (Fsp3) is 0.500. The van der Waals surface area contributed by atoms with Crippen LogP contribution < -0.4 is 4.90 Å². The van der Waals surface area contributed by atoms with Gasteiger partial charge in [-0.15, -0.1) is 17.5 Å². The zero-order chi connectivity index (χ0) is 6.85. The maximum absolute atomic E-state index is 4.83. The van der Waals surface area contributed by atoms with Gasteiger partial charge in [0, 0.05) is 14.1 Å². The summed E-state index contributed by atoms with van der Waals surface area (Å²) in [5.74, 6) is 0. The van der Waals surface area contributed by atoms with Crippen molar-refractivity contribution in [2.24, 2.45) is 0 Å². The Morgan fingerprint density at radius 2 is 2.20 bits per heavy atom. The molecule has 1 aromatic heterocycles. The fourth-order valence-corrected chi connectivity index (χ4v) is 1.21. The molecule has 0 aromatic carbocycles. The molecule has 1 N–H and O–H groups in total. The lowest BCUT2D eigenvalue weighted by molar-refractivity contribution is 1.01. The molecular formula is C4H8ClN3S2. The van der Waals surface area contributed by atoms with Gasteiger partial charge < -0.3 is 4.90 Å². The minimum atomic E-state index is 0. The number of hydrogen-bond donors (Lipinski definition) is 1. The molecule has 10 heavy (non-hydrogen) atoms. The second-order valence-electron chi connectivity index (χ2n) is 1.79. The molecule has 0 aliphatic heterocycles. The number of nitrogens with zero attached hydrogens (tertiary/aromatic N) is 2. The molecule has 6 heteroatoms. The van der Waals surface area contributed by atoms with E-state index in [1.54, 1.807) is 0 Å². The summed E-state index contributed by atoms with van der Waals surface area (Å²) in [6.07, 6.45) is 0. The number of anilines is 1. The molecule has 0 amide bonds. The van der Waals surface area contributed by atoms with E-state index in [1.165, 1.54) is 11.3 Å². The van der Waals surface area contributed by atoms with E-state index in [1.807, 2.05) is 19.0 Å². The summed E-state index contributed by atoms with van der Waals surface area (Å²) in [6.45, 7) is 0. The van der Waals surface area contributed by atoms with Crippen LogP contribution in [0, 0.1) is 3.95 Å². The Labute approximate surface area is 74.5 Å². The van der Waals surface area contributed by atoms with Crippen LogP contribution in [0.2, 0.25) is 0 Å². The minimum absolute atomic E-state index is 0. The molecule has 0 aliphatic rings. The monoisotopic (exact) mass is 197 g/mol. The van der Waals surface area contributed by atoms with E-state index in [2.05, 4.69) is 10.2 Å². The van der Waals surface area contributed by atoms with Crippen LogP contribution in [0.1, 0.15) is 0 Å². The molecule has 1 heterocycles. The third-order valence-corrected chi connectivity index (χ3v) is 2.07. The lowest BCUT2D eigenvalue weighted by Crippen LogP contribution is -2.07. The smallest absolute Gasteiger partial charge is 0.206 e. The largest absolute Gasteiger partial charge is 0.353 e. The van der Waals surface area contributed by atoms with Gasteiger partial charge >= 0.3 is 0 Å². The Hall–Kier alpha value is -0.130. The first-order valence-electron chi connectivity index (χ1n) is 2.43. The maximum Gasteiger partial charge on any atom is 0.206 e. The van der Waals surface area contributed by atoms with E-state index in [9.17, 15) is 0 Å². The Morgan fingerprint density at radius 1 is 1.60 bits per heavy atom. The molecule has 0 radical (unpaired) electrons. The van der Waals surface area contributed by atoms with Gasteiger partial charge in [-0.2, -0.15) is 0 Å². The number of halogens is 1. The van der Waals surface area contributed by atoms with Crippen molar-refractivity contribution in [2.75, 3.05) is 19.0 Å². The summed E-state index contributed by atoms with van der Waals surface area (Å²) < 4.78 is 0.721. The van der Waals surface area contributed by atoms with Crippen LogP contribution in [-0.4, -0.2) is 24.3 Å². The van der Waals surface area contributed by atoms with Crippen molar-refractivity contribution in [1.82, 2.24) is 10.2 Å². The van der Waals surface area contributed by atoms with Crippen LogP contribution >= 0.6 is 36.0 Å². The van der Waals surface area contributed by atoms with Crippen molar-refractivity contribution in [3.8, 4) is 0 Å². The highest BCUT2D eigenvalue weighted by atomic mass is 35.5. The molecule has 0 saturated heterocycles. The van der Waals surface area contributed by atoms with Crippen LogP contribution in [0.5, 0.6) is 0 Å². The topological polar surface area (TPSA) is 31.9 Å². The van der Waals surface area contributed by atoms with Gasteiger partial charge in [-0.1, -0.05) is 11.3 Å². The summed E-state index contributed by atoms with van der Waals surface area (Å²) in [7, 11) is 3.86. The van der Waals surface area contributed by atoms with Gasteiger partial charge in [-0.05, 0) is 12.2 Å². The SMILES string of the molecule is CN(C)c1n[nH]c(=S)s1.Cl. The standard InChI is InChI=1S/C4H7N3S2.ClH/c1-7(2)3-5-6-4(8)9-3;/h1-2H3,(H,6,8);1H. The van der Waals surface area contributed by atoms with E-state index in [0.29, 0.717) is 0 Å². The van der Waals surface area contributed by atoms with Gasteiger partial charge in [0.2, 0.25) is 5.13 Å². The summed E-state index contributed by atoms with van der Waals surface area (Å²) in [5, 5.41) is 7.54. The predicted molar refractivity (Wildman–Crippen MR) is 48.9 cm³/mol. The van der Waals surface area contributed by atoms with Crippen LogP contribution in [0.15, 0.2) is 0 Å². The zero-order valence-electron chi connectivity index (χ0n) is 5.62. The van der Waals surface area contributed by atoms with Crippen molar-refractivity contribution in [3.63, 3.8) is 0 Å². The summed E-state index contributed by atoms with van der Waals surface area (Å²) in [5.41, 5.74) is 0. The second-order valence-corrected chi connectivity index (χ2v) is 3.43. The van der Waals surface area contributed by atoms with Gasteiger partial charge in [-0.3, -0.25) is 5.10 Å². The molecule has 0 fully saturated rings. The van der Waals surface area contributed by atoms with Gasteiger partial charge in [0.05, 0.1) is 0 Å². The van der Waals surface area contributed by atoms with Crippen LogP contribution in [-0.2, 0) is 0 Å². The van der Waals surface area contributed by atoms with E-state index in [4.69, 9.17) is 12.2 Å². The van der Waals surface area contributed by atoms with Gasteiger partial charge in [-0.25, -0.2) is 0 Å². The first-order valence-corrected chi connectivity index (χ1v) is 3.65. The third-order valence-electron chi connectivity index (χ3n) is 0.809. The summed E-state index contributed by atoms with van der Waals surface area (Å²) in [6, 6.07) is 0. The number of aromatic nitrogens is 2. The highest BCUT2D eigenvalue weighted by molar-refractivity contribution is 7.73. The number of nitrogens with one attached hydrogen (secondary N) is 1. The van der Waals surface area contributed by atoms with Gasteiger partial charge in [0.1, 0.15) is 0 Å². The predicted octanol–water partition coefficient (Wildman–Crippen LogP) is 1.69. The first kappa shape index (κ1) is 9.87. The maximum atomic E-state index is 4.83. The highest BCUT2D eigenvalue weighted by Crippen LogP contribution is 2.12. The number of hydrogen-bond acceptors (Lipinski definition) is 4. The average Bonchev–Trinajstić information content (AvgIpc) is 2.14. The normalized spacial score (nSPS) is 8.60. The van der Waals surface area contributed by atoms with Crippen molar-refractivity contribution in [1.29, 1.82) is 0 Å². The fourth-order valence-electron chi connectivity index (χ4n) is 0.413. The van der Waals surface area contributed by atoms with E-state index in [0.717, 1.165) is 9.09 Å². The van der Waals surface area contributed by atoms with Crippen LogP contribution in [0.3, 0.4) is 0 Å². The van der Waals surface area contributed by atoms with Crippen molar-refractivity contribution in [2.45, 2.75) is 0 Å². The van der Waals surface area contributed by atoms with Gasteiger partial charge in [0.15, 0.2) is 3.95 Å². The molecule has 1 aromatic rings. The molecule has 0 bridgehead atoms. The van der Waals surface area contributed by atoms with Crippen LogP contribution in [0.25, 0.3) is 0 Å². The lowest BCUT2D eigenvalue weighted by atomic mass is 10.9. The Kier molecular flexibility index (Phi) is 3.85. The lowest BCUT2D eigenvalue weighted by Gasteiger charge is -2.03. The van der Waals surface area contributed by atoms with E-state index >= 15 is 0 Å². The molecule has 58 valence electrons. The quantitative estimate of drug-likeness (QED) is 0.696. The molecule has 1 rings (SSSR count). The minimum Gasteiger partial charge on any atom is -0.353 e. The molecule has 0 saturated carbocycles. The molecule has 0 spiro atoms. The Morgan fingerprint density at radius 3 is 2.40 bits per heavy atom. The second kappa shape index (κ2) is 3.90. The van der Waals surface area contributed by atoms with Crippen molar-refractivity contribution in [3.05, 3.63) is 3.95 Å². The summed E-state index contributed by atoms with van der Waals surface area (Å²) >= 11 is 6.30. The Bertz CT molecular complexity index is 241. The molecule has 0 atom stereocenters. The number of rotatable bonds is 1. The first-order chi connectivity index (χ1) is 4.20. The van der Waals surface area contributed by atoms with Crippen molar-refractivity contribution >= 4 is 41.1 Å². The summed E-state index contributed by atoms with van der Waals surface area (Å²) in [4.78, 5) is 1.91. The molecular weight excluding hydrogens is 190 g/mol.